The number of anilines is 2. The summed E-state index contributed by atoms with van der Waals surface area (Å²) in [5, 5.41) is 0. The molecular weight excluding hydrogens is 188 g/mol. The number of hydrazine groups is 1. The molecule has 0 radical (unpaired) electrons. The SMILES string of the molecule is CCC(C)(C)N(C)c1ccnc(NN)c1. The van der Waals surface area contributed by atoms with Crippen LogP contribution in [0.4, 0.5) is 11.5 Å². The molecule has 0 aromatic carbocycles. The number of nitrogens with one attached hydrogen (secondary N) is 1. The minimum Gasteiger partial charge on any atom is -0.369 e. The Morgan fingerprint density at radius 1 is 1.53 bits per heavy atom. The number of nitrogen functional groups attached to an aromatic ring is 1. The molecule has 1 aromatic rings. The van der Waals surface area contributed by atoms with Gasteiger partial charge >= 0.3 is 0 Å². The Labute approximate surface area is 91.5 Å². The summed E-state index contributed by atoms with van der Waals surface area (Å²) in [6.07, 6.45) is 2.84. The van der Waals surface area contributed by atoms with Crippen LogP contribution >= 0.6 is 0 Å². The van der Waals surface area contributed by atoms with Gasteiger partial charge in [-0.1, -0.05) is 6.92 Å². The van der Waals surface area contributed by atoms with E-state index in [1.54, 1.807) is 6.20 Å². The quantitative estimate of drug-likeness (QED) is 0.587. The fraction of sp³-hybridized carbons (Fsp3) is 0.545. The molecule has 0 aliphatic carbocycles. The normalized spacial score (nSPS) is 11.3. The van der Waals surface area contributed by atoms with Gasteiger partial charge in [0.2, 0.25) is 0 Å². The second-order valence-electron chi connectivity index (χ2n) is 4.27. The van der Waals surface area contributed by atoms with Crippen LogP contribution in [-0.4, -0.2) is 17.6 Å². The van der Waals surface area contributed by atoms with Crippen molar-refractivity contribution in [3.63, 3.8) is 0 Å². The van der Waals surface area contributed by atoms with E-state index in [4.69, 9.17) is 5.84 Å². The van der Waals surface area contributed by atoms with E-state index in [1.807, 2.05) is 12.1 Å². The van der Waals surface area contributed by atoms with Crippen LogP contribution < -0.4 is 16.2 Å². The van der Waals surface area contributed by atoms with Crippen molar-refractivity contribution in [3.05, 3.63) is 18.3 Å². The van der Waals surface area contributed by atoms with Crippen LogP contribution in [0.1, 0.15) is 27.2 Å². The predicted octanol–water partition coefficient (Wildman–Crippen LogP) is 1.99. The van der Waals surface area contributed by atoms with E-state index >= 15 is 0 Å². The molecule has 0 amide bonds. The molecule has 0 unspecified atom stereocenters. The van der Waals surface area contributed by atoms with E-state index in [9.17, 15) is 0 Å². The summed E-state index contributed by atoms with van der Waals surface area (Å²) in [7, 11) is 2.08. The Bertz CT molecular complexity index is 322. The van der Waals surface area contributed by atoms with Gasteiger partial charge in [0, 0.05) is 30.5 Å². The van der Waals surface area contributed by atoms with Crippen molar-refractivity contribution in [3.8, 4) is 0 Å². The van der Waals surface area contributed by atoms with Gasteiger partial charge in [-0.2, -0.15) is 0 Å². The minimum atomic E-state index is 0.132. The van der Waals surface area contributed by atoms with Crippen molar-refractivity contribution in [1.82, 2.24) is 4.98 Å². The first-order valence-electron chi connectivity index (χ1n) is 5.17. The number of aromatic nitrogens is 1. The molecule has 0 atom stereocenters. The zero-order chi connectivity index (χ0) is 11.5. The molecule has 84 valence electrons. The smallest absolute Gasteiger partial charge is 0.141 e. The van der Waals surface area contributed by atoms with Gasteiger partial charge in [0.15, 0.2) is 0 Å². The monoisotopic (exact) mass is 208 g/mol. The number of pyridine rings is 1. The lowest BCUT2D eigenvalue weighted by Crippen LogP contribution is -2.40. The first kappa shape index (κ1) is 11.8. The van der Waals surface area contributed by atoms with Crippen LogP contribution in [-0.2, 0) is 0 Å². The molecule has 0 saturated heterocycles. The Morgan fingerprint density at radius 3 is 2.73 bits per heavy atom. The fourth-order valence-corrected chi connectivity index (χ4v) is 1.29. The molecule has 3 N–H and O–H groups in total. The second-order valence-corrected chi connectivity index (χ2v) is 4.27. The standard InChI is InChI=1S/C11H20N4/c1-5-11(2,3)15(4)9-6-7-13-10(8-9)14-12/h6-8H,5,12H2,1-4H3,(H,13,14). The highest BCUT2D eigenvalue weighted by Gasteiger charge is 2.21. The first-order chi connectivity index (χ1) is 7.01. The summed E-state index contributed by atoms with van der Waals surface area (Å²) < 4.78 is 0. The van der Waals surface area contributed by atoms with Gasteiger partial charge in [-0.15, -0.1) is 0 Å². The summed E-state index contributed by atoms with van der Waals surface area (Å²) in [6.45, 7) is 6.60. The van der Waals surface area contributed by atoms with Gasteiger partial charge < -0.3 is 10.3 Å². The van der Waals surface area contributed by atoms with Gasteiger partial charge in [0.1, 0.15) is 5.82 Å². The molecule has 0 aliphatic rings. The van der Waals surface area contributed by atoms with Gasteiger partial charge in [-0.25, -0.2) is 10.8 Å². The molecular formula is C11H20N4. The van der Waals surface area contributed by atoms with E-state index in [-0.39, 0.29) is 5.54 Å². The van der Waals surface area contributed by atoms with Crippen LogP contribution in [0, 0.1) is 0 Å². The number of nitrogens with two attached hydrogens (primary N) is 1. The lowest BCUT2D eigenvalue weighted by Gasteiger charge is -2.36. The third kappa shape index (κ3) is 2.59. The maximum atomic E-state index is 5.33. The molecule has 0 spiro atoms. The Hall–Kier alpha value is -1.29. The van der Waals surface area contributed by atoms with Crippen molar-refractivity contribution in [2.24, 2.45) is 5.84 Å². The number of hydrogen-bond donors (Lipinski definition) is 2. The van der Waals surface area contributed by atoms with Gasteiger partial charge in [0.05, 0.1) is 0 Å². The molecule has 0 fully saturated rings. The van der Waals surface area contributed by atoms with E-state index in [0.29, 0.717) is 5.82 Å². The Kier molecular flexibility index (Phi) is 3.52. The molecule has 4 heteroatoms. The number of nitrogens with zero attached hydrogens (tertiary/aromatic N) is 2. The molecule has 0 aliphatic heterocycles. The molecule has 1 rings (SSSR count). The second kappa shape index (κ2) is 4.49. The maximum absolute atomic E-state index is 5.33. The van der Waals surface area contributed by atoms with Crippen LogP contribution in [0.15, 0.2) is 18.3 Å². The molecule has 4 nitrogen and oxygen atoms in total. The van der Waals surface area contributed by atoms with Gasteiger partial charge in [-0.3, -0.25) is 0 Å². The van der Waals surface area contributed by atoms with Crippen molar-refractivity contribution >= 4 is 11.5 Å². The minimum absolute atomic E-state index is 0.132. The van der Waals surface area contributed by atoms with Gasteiger partial charge in [0.25, 0.3) is 0 Å². The first-order valence-corrected chi connectivity index (χ1v) is 5.17. The highest BCUT2D eigenvalue weighted by atomic mass is 15.3. The Balaban J connectivity index is 2.95. The topological polar surface area (TPSA) is 54.2 Å². The lowest BCUT2D eigenvalue weighted by molar-refractivity contribution is 0.471. The maximum Gasteiger partial charge on any atom is 0.141 e. The summed E-state index contributed by atoms with van der Waals surface area (Å²) in [5.74, 6) is 6.02. The van der Waals surface area contributed by atoms with E-state index in [0.717, 1.165) is 12.1 Å². The van der Waals surface area contributed by atoms with Crippen molar-refractivity contribution in [2.75, 3.05) is 17.4 Å². The zero-order valence-electron chi connectivity index (χ0n) is 9.91. The van der Waals surface area contributed by atoms with E-state index in [2.05, 4.69) is 43.1 Å². The number of rotatable bonds is 4. The third-order valence-corrected chi connectivity index (χ3v) is 3.05. The van der Waals surface area contributed by atoms with Crippen LogP contribution in [0.2, 0.25) is 0 Å². The van der Waals surface area contributed by atoms with E-state index in [1.165, 1.54) is 0 Å². The molecule has 0 bridgehead atoms. The summed E-state index contributed by atoms with van der Waals surface area (Å²) in [5.41, 5.74) is 3.80. The average molecular weight is 208 g/mol. The third-order valence-electron chi connectivity index (χ3n) is 3.05. The van der Waals surface area contributed by atoms with Crippen LogP contribution in [0.3, 0.4) is 0 Å². The summed E-state index contributed by atoms with van der Waals surface area (Å²) in [4.78, 5) is 6.32. The van der Waals surface area contributed by atoms with Crippen LogP contribution in [0.5, 0.6) is 0 Å². The zero-order valence-corrected chi connectivity index (χ0v) is 9.91. The van der Waals surface area contributed by atoms with Crippen molar-refractivity contribution in [2.45, 2.75) is 32.7 Å². The lowest BCUT2D eigenvalue weighted by atomic mass is 9.99. The average Bonchev–Trinajstić information content (AvgIpc) is 2.28. The fourth-order valence-electron chi connectivity index (χ4n) is 1.29. The predicted molar refractivity (Wildman–Crippen MR) is 64.8 cm³/mol. The van der Waals surface area contributed by atoms with E-state index < -0.39 is 0 Å². The molecule has 0 saturated carbocycles. The summed E-state index contributed by atoms with van der Waals surface area (Å²) >= 11 is 0. The highest BCUT2D eigenvalue weighted by molar-refractivity contribution is 5.54. The largest absolute Gasteiger partial charge is 0.369 e. The molecule has 15 heavy (non-hydrogen) atoms. The van der Waals surface area contributed by atoms with Crippen LogP contribution in [0.25, 0.3) is 0 Å². The molecule has 1 aromatic heterocycles. The number of hydrogen-bond acceptors (Lipinski definition) is 4. The highest BCUT2D eigenvalue weighted by Crippen LogP contribution is 2.25. The molecule has 1 heterocycles. The van der Waals surface area contributed by atoms with Gasteiger partial charge in [-0.05, 0) is 26.3 Å². The summed E-state index contributed by atoms with van der Waals surface area (Å²) in [6, 6.07) is 3.93. The Morgan fingerprint density at radius 2 is 2.20 bits per heavy atom. The van der Waals surface area contributed by atoms with Crippen molar-refractivity contribution < 1.29 is 0 Å². The van der Waals surface area contributed by atoms with Crippen molar-refractivity contribution in [1.29, 1.82) is 0 Å².